The number of hydrogen-bond donors (Lipinski definition) is 3. The highest BCUT2D eigenvalue weighted by Crippen LogP contribution is 2.42. The van der Waals surface area contributed by atoms with Crippen LogP contribution in [-0.4, -0.2) is 156 Å². The zero-order valence-electron chi connectivity index (χ0n) is 53.2. The van der Waals surface area contributed by atoms with Gasteiger partial charge >= 0.3 is 0 Å². The number of hydrogen-bond acceptors (Lipinski definition) is 15. The average Bonchev–Trinajstić information content (AvgIpc) is 0.791. The smallest absolute Gasteiger partial charge is 0.246 e. The highest BCUT2D eigenvalue weighted by atomic mass is 16.3. The Hall–Kier alpha value is -10.1. The van der Waals surface area contributed by atoms with Crippen LogP contribution < -0.4 is 14.7 Å². The van der Waals surface area contributed by atoms with Gasteiger partial charge in [-0.05, 0) is 179 Å². The van der Waals surface area contributed by atoms with Crippen molar-refractivity contribution in [3.05, 3.63) is 222 Å². The van der Waals surface area contributed by atoms with E-state index in [4.69, 9.17) is 0 Å². The molecule has 6 aromatic carbocycles. The van der Waals surface area contributed by atoms with E-state index >= 15 is 0 Å². The van der Waals surface area contributed by atoms with Gasteiger partial charge in [-0.2, -0.15) is 0 Å². The number of aromatic nitrogens is 6. The number of carbonyl (C=O) groups is 3. The minimum absolute atomic E-state index is 0. The molecular formula is C79H92N12O6. The van der Waals surface area contributed by atoms with Crippen LogP contribution in [0.2, 0.25) is 0 Å². The number of carbonyl (C=O) groups excluding carboxylic acids is 3. The first-order chi connectivity index (χ1) is 45.9. The number of piperazine rings is 3. The Morgan fingerprint density at radius 3 is 1.03 bits per heavy atom. The standard InChI is InChI=1S/C26H28N4O2.2C25H26N4O2.3CH4/c1-2-25(32)29-10-12-30(13-11-29)26-23-9-7-20(15-24(23)27-17-28-26)21-5-3-4-19-14-18(16-31)6-8-22(19)21;2*1-2-24(31)28-10-12-29(13-11-28)25-22-8-6-18(15-23(22)26-16-27-25)20-5-3-4-17-14-19(30)7-9-21(17)20;;;/h2-6,8,14,17,20,31H,1,7,9-13,15-16H2;2*2-5,7,9,14,16,18,30H,1,6,8,10-13,15H2;3*1H4/t;2*18-;;;/m.10.../s1. The van der Waals surface area contributed by atoms with Crippen molar-refractivity contribution >= 4 is 67.5 Å². The summed E-state index contributed by atoms with van der Waals surface area (Å²) in [6.07, 6.45) is 17.9. The molecule has 1 unspecified atom stereocenters. The van der Waals surface area contributed by atoms with Crippen LogP contribution in [0, 0.1) is 0 Å². The molecule has 3 aromatic heterocycles. The molecular weight excluding hydrogens is 1210 g/mol. The Bertz CT molecular complexity index is 4160. The lowest BCUT2D eigenvalue weighted by Gasteiger charge is -2.37. The zero-order valence-corrected chi connectivity index (χ0v) is 53.2. The third-order valence-electron chi connectivity index (χ3n) is 20.1. The van der Waals surface area contributed by atoms with Crippen molar-refractivity contribution in [2.24, 2.45) is 0 Å². The topological polar surface area (TPSA) is 209 Å². The fourth-order valence-corrected chi connectivity index (χ4v) is 15.1. The van der Waals surface area contributed by atoms with Crippen molar-refractivity contribution in [3.63, 3.8) is 0 Å². The monoisotopic (exact) mass is 1300 g/mol. The van der Waals surface area contributed by atoms with Gasteiger partial charge in [0.25, 0.3) is 0 Å². The molecule has 3 aliphatic carbocycles. The van der Waals surface area contributed by atoms with E-state index in [0.29, 0.717) is 68.5 Å². The Labute approximate surface area is 570 Å². The van der Waals surface area contributed by atoms with Crippen LogP contribution in [0.4, 0.5) is 17.5 Å². The van der Waals surface area contributed by atoms with Crippen molar-refractivity contribution in [1.82, 2.24) is 44.6 Å². The van der Waals surface area contributed by atoms with Gasteiger partial charge in [0.2, 0.25) is 17.7 Å². The molecule has 3 N–H and O–H groups in total. The number of anilines is 3. The number of aromatic hydroxyl groups is 2. The summed E-state index contributed by atoms with van der Waals surface area (Å²) in [7, 11) is 0. The molecule has 3 saturated heterocycles. The third kappa shape index (κ3) is 14.8. The fraction of sp³-hybridized carbons (Fsp3) is 0.354. The first-order valence-electron chi connectivity index (χ1n) is 33.0. The van der Waals surface area contributed by atoms with Gasteiger partial charge in [0.15, 0.2) is 0 Å². The van der Waals surface area contributed by atoms with Crippen molar-refractivity contribution in [2.75, 3.05) is 93.2 Å². The minimum atomic E-state index is -0.00406. The first kappa shape index (κ1) is 69.8. The van der Waals surface area contributed by atoms with Crippen LogP contribution in [0.3, 0.4) is 0 Å². The SMILES string of the molecule is C.C.C.C=CC(=O)N1CCN(c2ncnc3c2CCC(c2cccc4cc(CO)ccc24)C3)CC1.C=CC(=O)N1CCN(c2ncnc3c2CC[C@@H](c2cccc4cc(O)ccc24)C3)CC1.C=CC(=O)N1CCN(c2ncnc3c2CC[C@H](c2cccc4cc(O)ccc24)C3)CC1. The van der Waals surface area contributed by atoms with Crippen LogP contribution in [-0.2, 0) is 59.5 Å². The van der Waals surface area contributed by atoms with Gasteiger partial charge in [0, 0.05) is 112 Å². The van der Waals surface area contributed by atoms with E-state index in [1.807, 2.05) is 57.2 Å². The lowest BCUT2D eigenvalue weighted by Crippen LogP contribution is -2.49. The summed E-state index contributed by atoms with van der Waals surface area (Å²) < 4.78 is 0. The number of phenols is 2. The molecule has 0 saturated carbocycles. The van der Waals surface area contributed by atoms with Crippen LogP contribution >= 0.6 is 0 Å². The number of aliphatic hydroxyl groups excluding tert-OH is 1. The van der Waals surface area contributed by atoms with E-state index < -0.39 is 0 Å². The number of amides is 3. The number of rotatable bonds is 10. The lowest BCUT2D eigenvalue weighted by atomic mass is 9.80. The van der Waals surface area contributed by atoms with Gasteiger partial charge in [0.1, 0.15) is 47.9 Å². The van der Waals surface area contributed by atoms with E-state index in [-0.39, 0.29) is 46.6 Å². The summed E-state index contributed by atoms with van der Waals surface area (Å²) >= 11 is 0. The summed E-state index contributed by atoms with van der Waals surface area (Å²) in [6, 6.07) is 36.6. The normalized spacial score (nSPS) is 18.0. The molecule has 15 rings (SSSR count). The molecule has 6 aliphatic rings. The predicted molar refractivity (Wildman–Crippen MR) is 389 cm³/mol. The second-order valence-electron chi connectivity index (χ2n) is 25.3. The number of aliphatic hydroxyl groups is 1. The molecule has 18 heteroatoms. The zero-order chi connectivity index (χ0) is 64.8. The van der Waals surface area contributed by atoms with E-state index in [1.54, 1.807) is 31.1 Å². The second kappa shape index (κ2) is 31.2. The highest BCUT2D eigenvalue weighted by Gasteiger charge is 2.33. The summed E-state index contributed by atoms with van der Waals surface area (Å²) in [5, 5.41) is 36.1. The lowest BCUT2D eigenvalue weighted by molar-refractivity contribution is -0.127. The third-order valence-corrected chi connectivity index (χ3v) is 20.1. The molecule has 97 heavy (non-hydrogen) atoms. The molecule has 18 nitrogen and oxygen atoms in total. The van der Waals surface area contributed by atoms with Gasteiger partial charge in [-0.15, -0.1) is 0 Å². The van der Waals surface area contributed by atoms with E-state index in [2.05, 4.69) is 119 Å². The maximum atomic E-state index is 11.9. The molecule has 504 valence electrons. The summed E-state index contributed by atoms with van der Waals surface area (Å²) in [5.74, 6) is 4.87. The maximum Gasteiger partial charge on any atom is 0.246 e. The fourth-order valence-electron chi connectivity index (χ4n) is 15.1. The Morgan fingerprint density at radius 1 is 0.412 bits per heavy atom. The minimum Gasteiger partial charge on any atom is -0.508 e. The van der Waals surface area contributed by atoms with E-state index in [1.165, 1.54) is 73.2 Å². The molecule has 0 bridgehead atoms. The molecule has 6 heterocycles. The number of nitrogens with zero attached hydrogens (tertiary/aromatic N) is 12. The highest BCUT2D eigenvalue weighted by molar-refractivity contribution is 5.91. The van der Waals surface area contributed by atoms with Crippen LogP contribution in [0.15, 0.2) is 166 Å². The Kier molecular flexibility index (Phi) is 22.4. The average molecular weight is 1310 g/mol. The van der Waals surface area contributed by atoms with Gasteiger partial charge in [-0.1, -0.05) is 121 Å². The van der Waals surface area contributed by atoms with Gasteiger partial charge in [0.05, 0.1) is 6.61 Å². The molecule has 0 spiro atoms. The Balaban J connectivity index is 0.000000156. The van der Waals surface area contributed by atoms with Crippen molar-refractivity contribution in [2.45, 2.75) is 104 Å². The van der Waals surface area contributed by atoms with E-state index in [0.717, 1.165) is 148 Å². The van der Waals surface area contributed by atoms with Crippen LogP contribution in [0.1, 0.15) is 115 Å². The quantitative estimate of drug-likeness (QED) is 0.109. The molecule has 3 fully saturated rings. The van der Waals surface area contributed by atoms with Crippen molar-refractivity contribution in [3.8, 4) is 11.5 Å². The molecule has 3 atom stereocenters. The van der Waals surface area contributed by atoms with Gasteiger partial charge < -0.3 is 44.7 Å². The van der Waals surface area contributed by atoms with Gasteiger partial charge in [-0.25, -0.2) is 29.9 Å². The molecule has 9 aromatic rings. The molecule has 0 radical (unpaired) electrons. The first-order valence-corrected chi connectivity index (χ1v) is 33.0. The number of fused-ring (bicyclic) bond motifs is 6. The molecule has 3 aliphatic heterocycles. The Morgan fingerprint density at radius 2 is 0.722 bits per heavy atom. The summed E-state index contributed by atoms with van der Waals surface area (Å²) in [5.41, 5.74) is 12.1. The number of phenolic OH excluding ortho intramolecular Hbond substituents is 2. The summed E-state index contributed by atoms with van der Waals surface area (Å²) in [6.45, 7) is 19.6. The predicted octanol–water partition coefficient (Wildman–Crippen LogP) is 12.0. The van der Waals surface area contributed by atoms with Crippen LogP contribution in [0.25, 0.3) is 32.3 Å². The number of benzene rings is 6. The largest absolute Gasteiger partial charge is 0.508 e. The maximum absolute atomic E-state index is 11.9. The van der Waals surface area contributed by atoms with Crippen LogP contribution in [0.5, 0.6) is 11.5 Å². The summed E-state index contributed by atoms with van der Waals surface area (Å²) in [4.78, 5) is 75.9. The van der Waals surface area contributed by atoms with Crippen molar-refractivity contribution < 1.29 is 29.7 Å². The second-order valence-corrected chi connectivity index (χ2v) is 25.3. The van der Waals surface area contributed by atoms with Gasteiger partial charge in [-0.3, -0.25) is 14.4 Å². The van der Waals surface area contributed by atoms with E-state index in [9.17, 15) is 29.7 Å². The van der Waals surface area contributed by atoms with Crippen molar-refractivity contribution in [1.29, 1.82) is 0 Å². The molecule has 3 amide bonds.